The quantitative estimate of drug-likeness (QED) is 0.366. The van der Waals surface area contributed by atoms with Gasteiger partial charge in [0.2, 0.25) is 11.6 Å². The molecule has 4 aliphatic rings. The molecule has 1 aliphatic carbocycles. The Labute approximate surface area is 195 Å². The normalized spacial score (nSPS) is 18.8. The van der Waals surface area contributed by atoms with E-state index in [0.29, 0.717) is 22.6 Å². The largest absolute Gasteiger partial charge is 0.506 e. The number of para-hydroxylation sites is 1. The number of aromatic nitrogens is 1. The summed E-state index contributed by atoms with van der Waals surface area (Å²) in [5.41, 5.74) is 2.55. The van der Waals surface area contributed by atoms with Gasteiger partial charge in [0.25, 0.3) is 0 Å². The summed E-state index contributed by atoms with van der Waals surface area (Å²) in [6.07, 6.45) is 3.19. The molecule has 1 N–H and O–H groups in total. The zero-order valence-electron chi connectivity index (χ0n) is 15.3. The summed E-state index contributed by atoms with van der Waals surface area (Å²) >= 11 is 0. The highest BCUT2D eigenvalue weighted by Gasteiger charge is 2.43. The summed E-state index contributed by atoms with van der Waals surface area (Å²) in [5, 5.41) is 10.3. The van der Waals surface area contributed by atoms with Crippen LogP contribution < -0.4 is 0 Å². The standard InChI is InChI=1S/C12H13N3O2.C9H7NO.2Al.6H/c16-9-7-8(13-1-2-13)12(17)11(15-5-6-15)10(9)14-3-4-14;11-8-5-1-3-7-4-2-6-10-9(7)8;;;;;;;;/h7H,1-6H2;1-6,11H;;;;;;;;. The Kier molecular flexibility index (Phi) is 6.60. The third-order valence-corrected chi connectivity index (χ3v) is 5.10. The van der Waals surface area contributed by atoms with Crippen molar-refractivity contribution in [3.8, 4) is 5.75 Å². The highest BCUT2D eigenvalue weighted by molar-refractivity contribution is 6.22. The Hall–Kier alpha value is -2.29. The molecule has 0 spiro atoms. The summed E-state index contributed by atoms with van der Waals surface area (Å²) < 4.78 is 0. The summed E-state index contributed by atoms with van der Waals surface area (Å²) in [5.74, 6) is 0.288. The second-order valence-electron chi connectivity index (χ2n) is 7.23. The Bertz CT molecular complexity index is 1050. The number of Topliss-reactive ketones (excluding diaryl/α,β-unsaturated/α-hetero) is 1. The van der Waals surface area contributed by atoms with E-state index in [1.807, 2.05) is 32.9 Å². The number of benzene rings is 1. The molecule has 3 saturated heterocycles. The van der Waals surface area contributed by atoms with Crippen LogP contribution in [0, 0.1) is 0 Å². The number of phenolic OH excluding ortho intramolecular Hbond substituents is 1. The fourth-order valence-corrected chi connectivity index (χ4v) is 3.36. The number of phenols is 1. The minimum atomic E-state index is 0. The van der Waals surface area contributed by atoms with Crippen LogP contribution >= 0.6 is 0 Å². The van der Waals surface area contributed by atoms with Gasteiger partial charge in [-0.1, -0.05) is 18.2 Å². The molecule has 7 nitrogen and oxygen atoms in total. The van der Waals surface area contributed by atoms with Crippen molar-refractivity contribution in [2.24, 2.45) is 0 Å². The number of rotatable bonds is 3. The number of hydrogen-bond donors (Lipinski definition) is 1. The molecular formula is C21H26Al2N4O3. The molecule has 0 unspecified atom stereocenters. The SMILES string of the molecule is O=C1C=C(N2CC2)C(=O)C(N2CC2)=C1N1CC1.Oc1cccc2cccnc12.[AlH3].[AlH3]. The van der Waals surface area contributed by atoms with Crippen LogP contribution in [-0.2, 0) is 9.59 Å². The van der Waals surface area contributed by atoms with Crippen molar-refractivity contribution in [2.45, 2.75) is 0 Å². The first-order chi connectivity index (χ1) is 13.6. The highest BCUT2D eigenvalue weighted by atomic mass is 27.0. The first-order valence-electron chi connectivity index (χ1n) is 9.46. The van der Waals surface area contributed by atoms with Crippen LogP contribution in [-0.4, -0.2) is 110 Å². The van der Waals surface area contributed by atoms with Crippen LogP contribution in [0.2, 0.25) is 0 Å². The van der Waals surface area contributed by atoms with E-state index < -0.39 is 0 Å². The molecule has 4 heterocycles. The molecule has 0 amide bonds. The predicted molar refractivity (Wildman–Crippen MR) is 123 cm³/mol. The van der Waals surface area contributed by atoms with Crippen molar-refractivity contribution in [2.75, 3.05) is 39.3 Å². The van der Waals surface area contributed by atoms with Gasteiger partial charge in [-0.3, -0.25) is 14.6 Å². The molecular weight excluding hydrogens is 410 g/mol. The van der Waals surface area contributed by atoms with E-state index in [0.717, 1.165) is 44.7 Å². The molecule has 0 bridgehead atoms. The van der Waals surface area contributed by atoms with Crippen LogP contribution in [0.15, 0.2) is 59.7 Å². The number of aromatic hydroxyl groups is 1. The lowest BCUT2D eigenvalue weighted by atomic mass is 10.0. The molecule has 6 rings (SSSR count). The lowest BCUT2D eigenvalue weighted by Crippen LogP contribution is -2.29. The topological polar surface area (TPSA) is 76.3 Å². The van der Waals surface area contributed by atoms with E-state index in [2.05, 4.69) is 4.98 Å². The minimum absolute atomic E-state index is 0. The highest BCUT2D eigenvalue weighted by Crippen LogP contribution is 2.33. The number of carbonyl (C=O) groups excluding carboxylic acids is 2. The van der Waals surface area contributed by atoms with E-state index in [1.165, 1.54) is 6.08 Å². The Morgan fingerprint density at radius 2 is 1.40 bits per heavy atom. The van der Waals surface area contributed by atoms with E-state index in [1.54, 1.807) is 18.3 Å². The number of hydrogen-bond acceptors (Lipinski definition) is 7. The van der Waals surface area contributed by atoms with E-state index in [-0.39, 0.29) is 52.0 Å². The maximum absolute atomic E-state index is 12.4. The molecule has 0 radical (unpaired) electrons. The van der Waals surface area contributed by atoms with Crippen molar-refractivity contribution in [3.63, 3.8) is 0 Å². The molecule has 1 aromatic carbocycles. The predicted octanol–water partition coefficient (Wildman–Crippen LogP) is -1.25. The Morgan fingerprint density at radius 3 is 2.00 bits per heavy atom. The van der Waals surface area contributed by atoms with Gasteiger partial charge in [-0.25, -0.2) is 0 Å². The lowest BCUT2D eigenvalue weighted by Gasteiger charge is -2.21. The Balaban J connectivity index is 0.000000174. The van der Waals surface area contributed by atoms with Crippen molar-refractivity contribution >= 4 is 57.2 Å². The number of fused-ring (bicyclic) bond motifs is 1. The number of carbonyl (C=O) groups is 2. The van der Waals surface area contributed by atoms with E-state index in [4.69, 9.17) is 0 Å². The van der Waals surface area contributed by atoms with Crippen LogP contribution in [0.25, 0.3) is 10.9 Å². The third-order valence-electron chi connectivity index (χ3n) is 5.10. The monoisotopic (exact) mass is 436 g/mol. The van der Waals surface area contributed by atoms with Crippen LogP contribution in [0.4, 0.5) is 0 Å². The van der Waals surface area contributed by atoms with Crippen LogP contribution in [0.5, 0.6) is 5.75 Å². The smallest absolute Gasteiger partial charge is 0.227 e. The van der Waals surface area contributed by atoms with Crippen molar-refractivity contribution in [1.82, 2.24) is 19.7 Å². The van der Waals surface area contributed by atoms with E-state index >= 15 is 0 Å². The van der Waals surface area contributed by atoms with Gasteiger partial charge in [-0.15, -0.1) is 0 Å². The van der Waals surface area contributed by atoms with Gasteiger partial charge in [-0.2, -0.15) is 0 Å². The first-order valence-corrected chi connectivity index (χ1v) is 9.46. The molecule has 1 aromatic heterocycles. The lowest BCUT2D eigenvalue weighted by molar-refractivity contribution is -0.117. The minimum Gasteiger partial charge on any atom is -0.506 e. The average Bonchev–Trinajstić information content (AvgIpc) is 3.57. The fraction of sp³-hybridized carbons (Fsp3) is 0.286. The number of pyridine rings is 1. The number of allylic oxidation sites excluding steroid dienone is 1. The third kappa shape index (κ3) is 4.40. The average molecular weight is 436 g/mol. The number of nitrogens with zero attached hydrogens (tertiary/aromatic N) is 4. The summed E-state index contributed by atoms with van der Waals surface area (Å²) in [4.78, 5) is 34.5. The fourth-order valence-electron chi connectivity index (χ4n) is 3.36. The van der Waals surface area contributed by atoms with Crippen molar-refractivity contribution in [1.29, 1.82) is 0 Å². The molecule has 2 aromatic rings. The van der Waals surface area contributed by atoms with Gasteiger partial charge >= 0.3 is 0 Å². The number of ketones is 2. The molecule has 3 fully saturated rings. The maximum Gasteiger partial charge on any atom is 0.227 e. The molecule has 30 heavy (non-hydrogen) atoms. The molecule has 0 saturated carbocycles. The molecule has 9 heteroatoms. The van der Waals surface area contributed by atoms with Crippen LogP contribution in [0.3, 0.4) is 0 Å². The van der Waals surface area contributed by atoms with Gasteiger partial charge in [0.15, 0.2) is 34.7 Å². The first kappa shape index (κ1) is 22.4. The second kappa shape index (κ2) is 8.84. The Morgan fingerprint density at radius 1 is 0.800 bits per heavy atom. The zero-order chi connectivity index (χ0) is 19.3. The van der Waals surface area contributed by atoms with Gasteiger partial charge in [0.05, 0.1) is 5.70 Å². The van der Waals surface area contributed by atoms with Crippen molar-refractivity contribution in [3.05, 3.63) is 59.7 Å². The van der Waals surface area contributed by atoms with E-state index in [9.17, 15) is 14.7 Å². The van der Waals surface area contributed by atoms with Gasteiger partial charge in [0, 0.05) is 56.9 Å². The van der Waals surface area contributed by atoms with Gasteiger partial charge in [-0.05, 0) is 12.1 Å². The summed E-state index contributed by atoms with van der Waals surface area (Å²) in [6.45, 7) is 5.41. The summed E-state index contributed by atoms with van der Waals surface area (Å²) in [6, 6.07) is 9.13. The summed E-state index contributed by atoms with van der Waals surface area (Å²) in [7, 11) is 0. The van der Waals surface area contributed by atoms with Crippen molar-refractivity contribution < 1.29 is 14.7 Å². The van der Waals surface area contributed by atoms with Crippen LogP contribution in [0.1, 0.15) is 0 Å². The zero-order valence-corrected chi connectivity index (χ0v) is 15.3. The van der Waals surface area contributed by atoms with Gasteiger partial charge < -0.3 is 19.8 Å². The molecule has 0 atom stereocenters. The molecule has 3 aliphatic heterocycles. The maximum atomic E-state index is 12.4. The molecule has 154 valence electrons. The van der Waals surface area contributed by atoms with Gasteiger partial charge in [0.1, 0.15) is 22.7 Å². The second-order valence-corrected chi connectivity index (χ2v) is 7.23.